The Morgan fingerprint density at radius 1 is 0.333 bits per heavy atom. The molecule has 1 aromatic heterocycles. The fraction of sp³-hybridized carbons (Fsp3) is 0.0182. The fourth-order valence-electron chi connectivity index (χ4n) is 9.22. The van der Waals surface area contributed by atoms with Crippen LogP contribution in [-0.4, -0.2) is 0 Å². The Kier molecular flexibility index (Phi) is 7.75. The standard InChI is InChI=1S/C55H37NO/c1-5-17-38(18-6-1)39-29-31-43(32-30-39)56(44-33-34-47-46-26-14-16-28-53(46)57-54(47)35-44)52-37-49-45-25-13-15-27-50(45)55(41-21-9-3-10-22-41,42-23-11-4-12-24-42)51(49)36-48(52)40-19-7-2-8-20-40/h1-37H. The maximum atomic E-state index is 6.53. The van der Waals surface area contributed by atoms with Crippen molar-refractivity contribution in [3.63, 3.8) is 0 Å². The van der Waals surface area contributed by atoms with Gasteiger partial charge in [0.2, 0.25) is 0 Å². The van der Waals surface area contributed by atoms with E-state index in [2.05, 4.69) is 217 Å². The molecule has 9 aromatic carbocycles. The number of furan rings is 1. The normalized spacial score (nSPS) is 12.7. The van der Waals surface area contributed by atoms with Crippen molar-refractivity contribution < 1.29 is 4.42 Å². The predicted molar refractivity (Wildman–Crippen MR) is 237 cm³/mol. The van der Waals surface area contributed by atoms with Crippen LogP contribution in [0.4, 0.5) is 17.1 Å². The van der Waals surface area contributed by atoms with Crippen molar-refractivity contribution in [3.8, 4) is 33.4 Å². The summed E-state index contributed by atoms with van der Waals surface area (Å²) in [6.45, 7) is 0. The Balaban J connectivity index is 1.22. The average Bonchev–Trinajstić information content (AvgIpc) is 3.81. The number of anilines is 3. The van der Waals surface area contributed by atoms with Crippen LogP contribution >= 0.6 is 0 Å². The first-order valence-electron chi connectivity index (χ1n) is 19.6. The van der Waals surface area contributed by atoms with Gasteiger partial charge in [0.15, 0.2) is 0 Å². The van der Waals surface area contributed by atoms with Gasteiger partial charge < -0.3 is 9.32 Å². The summed E-state index contributed by atoms with van der Waals surface area (Å²) in [6.07, 6.45) is 0. The number of para-hydroxylation sites is 1. The van der Waals surface area contributed by atoms with Crippen molar-refractivity contribution >= 4 is 39.0 Å². The molecule has 0 saturated carbocycles. The van der Waals surface area contributed by atoms with Crippen LogP contribution in [-0.2, 0) is 5.41 Å². The number of hydrogen-bond acceptors (Lipinski definition) is 2. The molecule has 1 aliphatic carbocycles. The topological polar surface area (TPSA) is 16.4 Å². The summed E-state index contributed by atoms with van der Waals surface area (Å²) in [5.74, 6) is 0. The molecule has 10 aromatic rings. The van der Waals surface area contributed by atoms with Gasteiger partial charge in [-0.15, -0.1) is 0 Å². The van der Waals surface area contributed by atoms with Crippen LogP contribution in [0.3, 0.4) is 0 Å². The van der Waals surface area contributed by atoms with Crippen LogP contribution in [0.5, 0.6) is 0 Å². The molecule has 2 nitrogen and oxygen atoms in total. The molecule has 0 fully saturated rings. The number of rotatable bonds is 7. The summed E-state index contributed by atoms with van der Waals surface area (Å²) >= 11 is 0. The molecular formula is C55H37NO. The Morgan fingerprint density at radius 3 is 1.58 bits per heavy atom. The van der Waals surface area contributed by atoms with E-state index in [0.717, 1.165) is 50.1 Å². The monoisotopic (exact) mass is 727 g/mol. The largest absolute Gasteiger partial charge is 0.456 e. The molecule has 0 amide bonds. The lowest BCUT2D eigenvalue weighted by molar-refractivity contribution is 0.669. The lowest BCUT2D eigenvalue weighted by atomic mass is 9.67. The number of nitrogens with zero attached hydrogens (tertiary/aromatic N) is 1. The van der Waals surface area contributed by atoms with Crippen LogP contribution in [0, 0.1) is 0 Å². The minimum Gasteiger partial charge on any atom is -0.456 e. The molecule has 0 unspecified atom stereocenters. The van der Waals surface area contributed by atoms with Gasteiger partial charge in [0, 0.05) is 33.8 Å². The third-order valence-electron chi connectivity index (χ3n) is 11.8. The van der Waals surface area contributed by atoms with Gasteiger partial charge in [-0.05, 0) is 92.5 Å². The third-order valence-corrected chi connectivity index (χ3v) is 11.8. The van der Waals surface area contributed by atoms with Crippen LogP contribution < -0.4 is 4.90 Å². The zero-order chi connectivity index (χ0) is 37.8. The van der Waals surface area contributed by atoms with E-state index in [1.54, 1.807) is 0 Å². The van der Waals surface area contributed by atoms with Gasteiger partial charge in [0.25, 0.3) is 0 Å². The molecule has 0 N–H and O–H groups in total. The minimum atomic E-state index is -0.522. The van der Waals surface area contributed by atoms with Gasteiger partial charge >= 0.3 is 0 Å². The lowest BCUT2D eigenvalue weighted by Crippen LogP contribution is -2.28. The van der Waals surface area contributed by atoms with E-state index < -0.39 is 5.41 Å². The van der Waals surface area contributed by atoms with Crippen molar-refractivity contribution in [2.45, 2.75) is 5.41 Å². The molecule has 1 aliphatic rings. The van der Waals surface area contributed by atoms with Gasteiger partial charge in [0.05, 0.1) is 11.1 Å². The molecule has 57 heavy (non-hydrogen) atoms. The number of hydrogen-bond donors (Lipinski definition) is 0. The number of benzene rings is 9. The molecular weight excluding hydrogens is 691 g/mol. The summed E-state index contributed by atoms with van der Waals surface area (Å²) in [4.78, 5) is 2.41. The van der Waals surface area contributed by atoms with Gasteiger partial charge in [-0.25, -0.2) is 0 Å². The van der Waals surface area contributed by atoms with Crippen molar-refractivity contribution in [1.82, 2.24) is 0 Å². The van der Waals surface area contributed by atoms with E-state index in [-0.39, 0.29) is 0 Å². The molecule has 11 rings (SSSR count). The smallest absolute Gasteiger partial charge is 0.137 e. The molecule has 0 saturated heterocycles. The second kappa shape index (κ2) is 13.4. The molecule has 0 bridgehead atoms. The highest BCUT2D eigenvalue weighted by Gasteiger charge is 2.46. The average molecular weight is 728 g/mol. The van der Waals surface area contributed by atoms with Crippen LogP contribution in [0.1, 0.15) is 22.3 Å². The van der Waals surface area contributed by atoms with Gasteiger partial charge in [-0.3, -0.25) is 0 Å². The van der Waals surface area contributed by atoms with Gasteiger partial charge in [-0.1, -0.05) is 176 Å². The highest BCUT2D eigenvalue weighted by atomic mass is 16.3. The predicted octanol–water partition coefficient (Wildman–Crippen LogP) is 14.8. The Labute approximate surface area is 332 Å². The molecule has 0 spiro atoms. The molecule has 0 aliphatic heterocycles. The first-order valence-corrected chi connectivity index (χ1v) is 19.6. The number of fused-ring (bicyclic) bond motifs is 6. The zero-order valence-corrected chi connectivity index (χ0v) is 31.2. The van der Waals surface area contributed by atoms with E-state index >= 15 is 0 Å². The molecule has 0 atom stereocenters. The summed E-state index contributed by atoms with van der Waals surface area (Å²) in [7, 11) is 0. The van der Waals surface area contributed by atoms with E-state index in [0.29, 0.717) is 0 Å². The lowest BCUT2D eigenvalue weighted by Gasteiger charge is -2.35. The Bertz CT molecular complexity index is 3000. The Morgan fingerprint density at radius 2 is 0.877 bits per heavy atom. The van der Waals surface area contributed by atoms with Crippen LogP contribution in [0.2, 0.25) is 0 Å². The molecule has 1 heterocycles. The summed E-state index contributed by atoms with van der Waals surface area (Å²) < 4.78 is 6.53. The van der Waals surface area contributed by atoms with Crippen molar-refractivity contribution in [2.24, 2.45) is 0 Å². The molecule has 0 radical (unpaired) electrons. The highest BCUT2D eigenvalue weighted by Crippen LogP contribution is 2.59. The quantitative estimate of drug-likeness (QED) is 0.163. The van der Waals surface area contributed by atoms with Crippen molar-refractivity contribution in [3.05, 3.63) is 247 Å². The first kappa shape index (κ1) is 33.0. The second-order valence-electron chi connectivity index (χ2n) is 14.8. The summed E-state index contributed by atoms with van der Waals surface area (Å²) in [5.41, 5.74) is 16.6. The first-order chi connectivity index (χ1) is 28.3. The SMILES string of the molecule is c1ccc(-c2ccc(N(c3ccc4c(c3)oc3ccccc34)c3cc4c(cc3-c3ccccc3)C(c3ccccc3)(c3ccccc3)c3ccccc3-4)cc2)cc1. The van der Waals surface area contributed by atoms with Crippen LogP contribution in [0.25, 0.3) is 55.3 Å². The van der Waals surface area contributed by atoms with Gasteiger partial charge in [0.1, 0.15) is 11.2 Å². The highest BCUT2D eigenvalue weighted by molar-refractivity contribution is 6.06. The summed E-state index contributed by atoms with van der Waals surface area (Å²) in [5, 5.41) is 2.23. The fourth-order valence-corrected chi connectivity index (χ4v) is 9.22. The maximum absolute atomic E-state index is 6.53. The minimum absolute atomic E-state index is 0.522. The van der Waals surface area contributed by atoms with E-state index in [1.807, 2.05) is 12.1 Å². The Hall–Kier alpha value is -7.42. The van der Waals surface area contributed by atoms with Crippen molar-refractivity contribution in [1.29, 1.82) is 0 Å². The maximum Gasteiger partial charge on any atom is 0.137 e. The van der Waals surface area contributed by atoms with E-state index in [9.17, 15) is 0 Å². The summed E-state index contributed by atoms with van der Waals surface area (Å²) in [6, 6.07) is 81.3. The second-order valence-corrected chi connectivity index (χ2v) is 14.8. The van der Waals surface area contributed by atoms with E-state index in [4.69, 9.17) is 4.42 Å². The van der Waals surface area contributed by atoms with Gasteiger partial charge in [-0.2, -0.15) is 0 Å². The third kappa shape index (κ3) is 5.26. The van der Waals surface area contributed by atoms with Crippen LogP contribution in [0.15, 0.2) is 229 Å². The zero-order valence-electron chi connectivity index (χ0n) is 31.2. The molecule has 268 valence electrons. The van der Waals surface area contributed by atoms with Crippen molar-refractivity contribution in [2.75, 3.05) is 4.90 Å². The van der Waals surface area contributed by atoms with E-state index in [1.165, 1.54) is 44.5 Å². The molecule has 2 heteroatoms.